The molecule has 0 bridgehead atoms. The number of rotatable bonds is 26. The fraction of sp³-hybridized carbons (Fsp3) is 0.818. The maximum absolute atomic E-state index is 6.40. The van der Waals surface area contributed by atoms with Crippen LogP contribution in [0.5, 0.6) is 0 Å². The van der Waals surface area contributed by atoms with Crippen molar-refractivity contribution in [3.05, 3.63) is 37.0 Å². The van der Waals surface area contributed by atoms with Crippen molar-refractivity contribution in [3.8, 4) is 12.3 Å². The zero-order chi connectivity index (χ0) is 35.7. The number of hydrogen-bond acceptors (Lipinski definition) is 2. The monoisotopic (exact) mass is 639 g/mol. The average molecular weight is 639 g/mol. The van der Waals surface area contributed by atoms with E-state index in [1.54, 1.807) is 0 Å². The number of allylic oxidation sites excluding steroid dienone is 4. The summed E-state index contributed by atoms with van der Waals surface area (Å²) in [5.74, 6) is 7.41. The molecule has 0 rings (SSSR count). The van der Waals surface area contributed by atoms with Gasteiger partial charge in [-0.2, -0.15) is 0 Å². The van der Waals surface area contributed by atoms with Gasteiger partial charge in [0.05, 0.1) is 5.54 Å². The second-order valence-corrected chi connectivity index (χ2v) is 16.7. The third-order valence-electron chi connectivity index (χ3n) is 12.1. The SMILES string of the molecule is C#C[C@@](CC)(C[C@](C)(CCCC)[C@H](C)[C@H](C)CN(C)C[C@@H](C)C[C@H](CC)C(C)(C=C)C(=C)C(C)C)NC[C@H](C)C[C@H](C)C/C=C/C. The Kier molecular flexibility index (Phi) is 21.0. The van der Waals surface area contributed by atoms with Gasteiger partial charge in [-0.3, -0.25) is 0 Å². The maximum Gasteiger partial charge on any atom is 0.0801 e. The van der Waals surface area contributed by atoms with Gasteiger partial charge in [-0.25, -0.2) is 0 Å². The summed E-state index contributed by atoms with van der Waals surface area (Å²) in [6.07, 6.45) is 23.5. The lowest BCUT2D eigenvalue weighted by Crippen LogP contribution is -2.51. The third-order valence-corrected chi connectivity index (χ3v) is 12.1. The van der Waals surface area contributed by atoms with Crippen LogP contribution in [0.4, 0.5) is 0 Å². The number of unbranched alkanes of at least 4 members (excludes halogenated alkanes) is 1. The van der Waals surface area contributed by atoms with Gasteiger partial charge in [0.15, 0.2) is 0 Å². The highest BCUT2D eigenvalue weighted by molar-refractivity contribution is 5.20. The Hall–Kier alpha value is -1.30. The molecule has 0 aromatic carbocycles. The van der Waals surface area contributed by atoms with Crippen molar-refractivity contribution in [2.24, 2.45) is 52.3 Å². The van der Waals surface area contributed by atoms with Crippen LogP contribution in [0.25, 0.3) is 0 Å². The molecule has 2 heteroatoms. The normalized spacial score (nSPS) is 20.2. The summed E-state index contributed by atoms with van der Waals surface area (Å²) in [4.78, 5) is 2.60. The predicted molar refractivity (Wildman–Crippen MR) is 210 cm³/mol. The van der Waals surface area contributed by atoms with E-state index in [9.17, 15) is 0 Å². The topological polar surface area (TPSA) is 15.3 Å². The molecular weight excluding hydrogens is 556 g/mol. The van der Waals surface area contributed by atoms with Crippen LogP contribution < -0.4 is 5.32 Å². The predicted octanol–water partition coefficient (Wildman–Crippen LogP) is 12.2. The molecule has 1 unspecified atom stereocenters. The number of nitrogens with one attached hydrogen (secondary N) is 1. The van der Waals surface area contributed by atoms with Crippen LogP contribution in [0.3, 0.4) is 0 Å². The highest BCUT2D eigenvalue weighted by Gasteiger charge is 2.41. The van der Waals surface area contributed by atoms with E-state index >= 15 is 0 Å². The molecule has 0 aliphatic heterocycles. The van der Waals surface area contributed by atoms with E-state index in [0.717, 1.165) is 45.3 Å². The highest BCUT2D eigenvalue weighted by Crippen LogP contribution is 2.46. The smallest absolute Gasteiger partial charge is 0.0801 e. The van der Waals surface area contributed by atoms with Crippen LogP contribution in [-0.2, 0) is 0 Å². The van der Waals surface area contributed by atoms with Gasteiger partial charge < -0.3 is 10.2 Å². The largest absolute Gasteiger partial charge is 0.306 e. The molecule has 0 aliphatic carbocycles. The quantitative estimate of drug-likeness (QED) is 0.0749. The molecule has 0 saturated heterocycles. The van der Waals surface area contributed by atoms with Crippen molar-refractivity contribution in [2.75, 3.05) is 26.7 Å². The summed E-state index contributed by atoms with van der Waals surface area (Å²) in [5, 5.41) is 3.96. The van der Waals surface area contributed by atoms with Crippen molar-refractivity contribution in [1.82, 2.24) is 10.2 Å². The van der Waals surface area contributed by atoms with E-state index in [1.165, 1.54) is 37.7 Å². The molecule has 268 valence electrons. The Bertz CT molecular complexity index is 925. The molecule has 0 saturated carbocycles. The summed E-state index contributed by atoms with van der Waals surface area (Å²) < 4.78 is 0. The molecule has 0 spiro atoms. The van der Waals surface area contributed by atoms with Crippen LogP contribution in [0, 0.1) is 64.6 Å². The van der Waals surface area contributed by atoms with Gasteiger partial charge in [-0.05, 0) is 106 Å². The Labute approximate surface area is 291 Å². The Morgan fingerprint density at radius 1 is 0.957 bits per heavy atom. The second-order valence-electron chi connectivity index (χ2n) is 16.7. The Morgan fingerprint density at radius 2 is 1.59 bits per heavy atom. The number of hydrogen-bond donors (Lipinski definition) is 1. The van der Waals surface area contributed by atoms with Crippen LogP contribution in [0.1, 0.15) is 148 Å². The molecule has 0 aromatic rings. The van der Waals surface area contributed by atoms with E-state index in [4.69, 9.17) is 6.42 Å². The van der Waals surface area contributed by atoms with Crippen LogP contribution in [0.2, 0.25) is 0 Å². The fourth-order valence-corrected chi connectivity index (χ4v) is 8.39. The van der Waals surface area contributed by atoms with Gasteiger partial charge in [0.2, 0.25) is 0 Å². The van der Waals surface area contributed by atoms with Gasteiger partial charge in [0, 0.05) is 18.5 Å². The molecule has 1 N–H and O–H groups in total. The Morgan fingerprint density at radius 3 is 2.07 bits per heavy atom. The van der Waals surface area contributed by atoms with Crippen LogP contribution in [0.15, 0.2) is 37.0 Å². The molecule has 0 amide bonds. The summed E-state index contributed by atoms with van der Waals surface area (Å²) >= 11 is 0. The molecule has 46 heavy (non-hydrogen) atoms. The minimum atomic E-state index is -0.259. The minimum Gasteiger partial charge on any atom is -0.306 e. The lowest BCUT2D eigenvalue weighted by molar-refractivity contribution is 0.0662. The van der Waals surface area contributed by atoms with Gasteiger partial charge in [0.1, 0.15) is 0 Å². The lowest BCUT2D eigenvalue weighted by atomic mass is 9.63. The van der Waals surface area contributed by atoms with Gasteiger partial charge in [0.25, 0.3) is 0 Å². The molecule has 0 fully saturated rings. The molecule has 0 heterocycles. The van der Waals surface area contributed by atoms with Crippen molar-refractivity contribution in [3.63, 3.8) is 0 Å². The summed E-state index contributed by atoms with van der Waals surface area (Å²) in [7, 11) is 2.34. The molecule has 9 atom stereocenters. The van der Waals surface area contributed by atoms with Crippen molar-refractivity contribution >= 4 is 0 Å². The molecule has 0 aromatic heterocycles. The van der Waals surface area contributed by atoms with E-state index in [0.29, 0.717) is 41.4 Å². The van der Waals surface area contributed by atoms with E-state index in [-0.39, 0.29) is 16.4 Å². The van der Waals surface area contributed by atoms with E-state index < -0.39 is 0 Å². The molecule has 0 aliphatic rings. The van der Waals surface area contributed by atoms with Gasteiger partial charge in [-0.1, -0.05) is 139 Å². The van der Waals surface area contributed by atoms with Gasteiger partial charge >= 0.3 is 0 Å². The van der Waals surface area contributed by atoms with E-state index in [2.05, 4.69) is 145 Å². The molecule has 2 nitrogen and oxygen atoms in total. The van der Waals surface area contributed by atoms with Crippen molar-refractivity contribution in [1.29, 1.82) is 0 Å². The standard InChI is InChI=1S/C44H82N2/c1-18-24-26-35(9)28-36(10)30-45-44(22-5,23-6)33-42(15,27-25-19-2)40(14)38(12)32-46(17)31-37(11)29-41(20-3)43(16,21-4)39(13)34(7)8/h5,18,21,24,34-38,40-41,45H,4,13,19-20,23,25-33H2,1-3,6-12,14-17H3/b24-18+/t35-,36-,37+,38-,40-,41+,42+,43?,44-/m1/s1. The van der Waals surface area contributed by atoms with Crippen LogP contribution >= 0.6 is 0 Å². The molecular formula is C44H82N2. The number of nitrogens with zero attached hydrogens (tertiary/aromatic N) is 1. The zero-order valence-electron chi connectivity index (χ0n) is 33.7. The first-order chi connectivity index (χ1) is 21.4. The third kappa shape index (κ3) is 14.0. The minimum absolute atomic E-state index is 0.0160. The average Bonchev–Trinajstić information content (AvgIpc) is 3.02. The van der Waals surface area contributed by atoms with Crippen molar-refractivity contribution in [2.45, 2.75) is 153 Å². The highest BCUT2D eigenvalue weighted by atomic mass is 15.1. The number of terminal acetylenes is 1. The second kappa shape index (κ2) is 21.6. The first-order valence-corrected chi connectivity index (χ1v) is 19.3. The Balaban J connectivity index is 5.67. The summed E-state index contributed by atoms with van der Waals surface area (Å²) in [6.45, 7) is 42.7. The fourth-order valence-electron chi connectivity index (χ4n) is 8.39. The molecule has 0 radical (unpaired) electrons. The first-order valence-electron chi connectivity index (χ1n) is 19.3. The zero-order valence-corrected chi connectivity index (χ0v) is 33.7. The lowest BCUT2D eigenvalue weighted by Gasteiger charge is -2.46. The van der Waals surface area contributed by atoms with E-state index in [1.807, 2.05) is 0 Å². The maximum atomic E-state index is 6.40. The summed E-state index contributed by atoms with van der Waals surface area (Å²) in [5.41, 5.74) is 1.22. The van der Waals surface area contributed by atoms with Crippen LogP contribution in [-0.4, -0.2) is 37.1 Å². The summed E-state index contributed by atoms with van der Waals surface area (Å²) in [6, 6.07) is 0. The van der Waals surface area contributed by atoms with Crippen molar-refractivity contribution < 1.29 is 0 Å². The first kappa shape index (κ1) is 44.7. The van der Waals surface area contributed by atoms with Gasteiger partial charge in [-0.15, -0.1) is 13.0 Å².